The molecule has 0 aliphatic rings. The van der Waals surface area contributed by atoms with Crippen LogP contribution in [0.4, 0.5) is 17.1 Å². The van der Waals surface area contributed by atoms with Crippen LogP contribution in [0, 0.1) is 0 Å². The van der Waals surface area contributed by atoms with Gasteiger partial charge in [-0.05, 0) is 78.8 Å². The molecule has 0 fully saturated rings. The molecule has 8 aromatic rings. The van der Waals surface area contributed by atoms with Crippen LogP contribution in [0.3, 0.4) is 0 Å². The Balaban J connectivity index is 1.45. The molecule has 1 nitrogen and oxygen atoms in total. The van der Waals surface area contributed by atoms with Crippen molar-refractivity contribution >= 4 is 70.9 Å². The van der Waals surface area contributed by atoms with E-state index in [4.69, 9.17) is 0 Å². The smallest absolute Gasteiger partial charge is 0.0546 e. The van der Waals surface area contributed by atoms with Crippen LogP contribution in [0.15, 0.2) is 152 Å². The van der Waals surface area contributed by atoms with Crippen LogP contribution in [0.1, 0.15) is 0 Å². The summed E-state index contributed by atoms with van der Waals surface area (Å²) in [6, 6.07) is 55.1. The van der Waals surface area contributed by atoms with E-state index in [2.05, 4.69) is 157 Å². The molecule has 0 N–H and O–H groups in total. The summed E-state index contributed by atoms with van der Waals surface area (Å²) in [7, 11) is 0. The van der Waals surface area contributed by atoms with Crippen molar-refractivity contribution in [2.45, 2.75) is 0 Å². The highest BCUT2D eigenvalue weighted by Crippen LogP contribution is 2.43. The second-order valence-electron chi connectivity index (χ2n) is 10.2. The summed E-state index contributed by atoms with van der Waals surface area (Å²) >= 11 is 0. The van der Waals surface area contributed by atoms with E-state index < -0.39 is 0 Å². The third kappa shape index (κ3) is 3.48. The molecule has 0 aliphatic heterocycles. The first-order chi connectivity index (χ1) is 19.3. The van der Waals surface area contributed by atoms with Gasteiger partial charge in [0.15, 0.2) is 0 Å². The van der Waals surface area contributed by atoms with Crippen LogP contribution in [0.25, 0.3) is 53.9 Å². The lowest BCUT2D eigenvalue weighted by atomic mass is 9.96. The molecule has 0 atom stereocenters. The van der Waals surface area contributed by atoms with Gasteiger partial charge in [0.1, 0.15) is 0 Å². The lowest BCUT2D eigenvalue weighted by Crippen LogP contribution is -2.10. The summed E-state index contributed by atoms with van der Waals surface area (Å²) in [5.74, 6) is 0. The molecule has 0 saturated heterocycles. The lowest BCUT2D eigenvalue weighted by Gasteiger charge is -2.28. The molecular weight excluding hydrogens is 470 g/mol. The molecule has 8 rings (SSSR count). The molecular formula is C38H25N. The zero-order valence-electron chi connectivity index (χ0n) is 21.4. The van der Waals surface area contributed by atoms with Crippen molar-refractivity contribution in [2.24, 2.45) is 0 Å². The minimum atomic E-state index is 1.14. The molecule has 0 heterocycles. The average molecular weight is 496 g/mol. The number of anilines is 3. The van der Waals surface area contributed by atoms with Gasteiger partial charge in [-0.2, -0.15) is 0 Å². The zero-order valence-corrected chi connectivity index (χ0v) is 21.4. The van der Waals surface area contributed by atoms with Gasteiger partial charge in [-0.25, -0.2) is 0 Å². The molecule has 0 unspecified atom stereocenters. The van der Waals surface area contributed by atoms with E-state index in [9.17, 15) is 0 Å². The second kappa shape index (κ2) is 8.72. The molecule has 0 radical (unpaired) electrons. The minimum Gasteiger partial charge on any atom is -0.310 e. The van der Waals surface area contributed by atoms with E-state index in [1.54, 1.807) is 0 Å². The third-order valence-corrected chi connectivity index (χ3v) is 7.99. The minimum absolute atomic E-state index is 1.14. The number of fused-ring (bicyclic) bond motifs is 8. The second-order valence-corrected chi connectivity index (χ2v) is 10.2. The van der Waals surface area contributed by atoms with E-state index >= 15 is 0 Å². The highest BCUT2D eigenvalue weighted by Gasteiger charge is 2.18. The fourth-order valence-electron chi connectivity index (χ4n) is 6.17. The fraction of sp³-hybridized carbons (Fsp3) is 0. The zero-order chi connectivity index (χ0) is 25.8. The van der Waals surface area contributed by atoms with Crippen LogP contribution in [-0.2, 0) is 0 Å². The molecule has 8 aromatic carbocycles. The molecule has 182 valence electrons. The van der Waals surface area contributed by atoms with Gasteiger partial charge in [0.2, 0.25) is 0 Å². The normalized spacial score (nSPS) is 11.6. The number of rotatable bonds is 3. The number of nitrogens with zero attached hydrogens (tertiary/aromatic N) is 1. The maximum atomic E-state index is 2.41. The highest BCUT2D eigenvalue weighted by atomic mass is 15.1. The molecule has 0 bridgehead atoms. The molecule has 0 aromatic heterocycles. The van der Waals surface area contributed by atoms with Crippen molar-refractivity contribution in [1.82, 2.24) is 0 Å². The first-order valence-electron chi connectivity index (χ1n) is 13.5. The molecule has 0 amide bonds. The van der Waals surface area contributed by atoms with E-state index in [1.165, 1.54) is 59.5 Å². The first-order valence-corrected chi connectivity index (χ1v) is 13.5. The van der Waals surface area contributed by atoms with E-state index in [0.29, 0.717) is 0 Å². The number of hydrogen-bond acceptors (Lipinski definition) is 1. The maximum absolute atomic E-state index is 2.41. The van der Waals surface area contributed by atoms with Crippen molar-refractivity contribution in [3.8, 4) is 0 Å². The number of hydrogen-bond donors (Lipinski definition) is 0. The number of benzene rings is 8. The van der Waals surface area contributed by atoms with Crippen LogP contribution in [-0.4, -0.2) is 0 Å². The molecule has 1 heteroatoms. The van der Waals surface area contributed by atoms with Gasteiger partial charge >= 0.3 is 0 Å². The van der Waals surface area contributed by atoms with Crippen LogP contribution in [0.5, 0.6) is 0 Å². The summed E-state index contributed by atoms with van der Waals surface area (Å²) < 4.78 is 0. The van der Waals surface area contributed by atoms with E-state index in [-0.39, 0.29) is 0 Å². The standard InChI is InChI=1S/C38H25N/c1-2-12-29(13-3-1)39(38-24-28-11-5-7-15-32(28)33-16-8-9-17-36(33)38)30-21-18-27-20-22-34-31-14-6-4-10-26(31)19-23-35(34)37(27)25-30/h1-25H. The van der Waals surface area contributed by atoms with Crippen molar-refractivity contribution in [2.75, 3.05) is 4.90 Å². The Bertz CT molecular complexity index is 2180. The maximum Gasteiger partial charge on any atom is 0.0546 e. The van der Waals surface area contributed by atoms with Gasteiger partial charge in [-0.3, -0.25) is 0 Å². The topological polar surface area (TPSA) is 3.24 Å². The van der Waals surface area contributed by atoms with Gasteiger partial charge in [-0.15, -0.1) is 0 Å². The Morgan fingerprint density at radius 1 is 0.282 bits per heavy atom. The Morgan fingerprint density at radius 3 is 1.56 bits per heavy atom. The van der Waals surface area contributed by atoms with Gasteiger partial charge in [-0.1, -0.05) is 121 Å². The molecule has 0 saturated carbocycles. The van der Waals surface area contributed by atoms with Gasteiger partial charge in [0, 0.05) is 16.8 Å². The predicted octanol–water partition coefficient (Wildman–Crippen LogP) is 10.9. The molecule has 39 heavy (non-hydrogen) atoms. The van der Waals surface area contributed by atoms with Crippen molar-refractivity contribution < 1.29 is 0 Å². The quantitative estimate of drug-likeness (QED) is 0.220. The van der Waals surface area contributed by atoms with Gasteiger partial charge < -0.3 is 4.90 Å². The SMILES string of the molecule is c1ccc(N(c2ccc3ccc4c5ccccc5ccc4c3c2)c2cc3ccccc3c3ccccc23)cc1. The van der Waals surface area contributed by atoms with Gasteiger partial charge in [0.05, 0.1) is 5.69 Å². The highest BCUT2D eigenvalue weighted by molar-refractivity contribution is 6.18. The van der Waals surface area contributed by atoms with Crippen LogP contribution < -0.4 is 4.90 Å². The summed E-state index contributed by atoms with van der Waals surface area (Å²) in [4.78, 5) is 2.41. The van der Waals surface area contributed by atoms with Gasteiger partial charge in [0.25, 0.3) is 0 Å². The summed E-state index contributed by atoms with van der Waals surface area (Å²) in [5, 5.41) is 12.7. The summed E-state index contributed by atoms with van der Waals surface area (Å²) in [5.41, 5.74) is 3.47. The van der Waals surface area contributed by atoms with E-state index in [1.807, 2.05) is 0 Å². The monoisotopic (exact) mass is 495 g/mol. The Morgan fingerprint density at radius 2 is 0.795 bits per heavy atom. The van der Waals surface area contributed by atoms with Crippen LogP contribution in [0.2, 0.25) is 0 Å². The Hall–Kier alpha value is -5.14. The fourth-order valence-corrected chi connectivity index (χ4v) is 6.17. The molecule has 0 spiro atoms. The first kappa shape index (κ1) is 21.9. The number of para-hydroxylation sites is 1. The van der Waals surface area contributed by atoms with E-state index in [0.717, 1.165) is 11.4 Å². The average Bonchev–Trinajstić information content (AvgIpc) is 3.01. The van der Waals surface area contributed by atoms with Crippen molar-refractivity contribution in [3.05, 3.63) is 152 Å². The summed E-state index contributed by atoms with van der Waals surface area (Å²) in [6.07, 6.45) is 0. The van der Waals surface area contributed by atoms with Crippen molar-refractivity contribution in [1.29, 1.82) is 0 Å². The third-order valence-electron chi connectivity index (χ3n) is 7.99. The Kier molecular flexibility index (Phi) is 4.89. The Labute approximate surface area is 227 Å². The lowest BCUT2D eigenvalue weighted by molar-refractivity contribution is 1.31. The summed E-state index contributed by atoms with van der Waals surface area (Å²) in [6.45, 7) is 0. The predicted molar refractivity (Wildman–Crippen MR) is 169 cm³/mol. The molecule has 0 aliphatic carbocycles. The van der Waals surface area contributed by atoms with Crippen molar-refractivity contribution in [3.63, 3.8) is 0 Å². The largest absolute Gasteiger partial charge is 0.310 e. The van der Waals surface area contributed by atoms with Crippen LogP contribution >= 0.6 is 0 Å².